The predicted octanol–water partition coefficient (Wildman–Crippen LogP) is 3.92. The minimum absolute atomic E-state index is 0.301. The Bertz CT molecular complexity index is 790. The van der Waals surface area contributed by atoms with Crippen molar-refractivity contribution in [3.8, 4) is 5.75 Å². The molecule has 0 atom stereocenters. The Morgan fingerprint density at radius 1 is 0.933 bits per heavy atom. The van der Waals surface area contributed by atoms with Gasteiger partial charge in [-0.2, -0.15) is 0 Å². The molecule has 1 aliphatic rings. The summed E-state index contributed by atoms with van der Waals surface area (Å²) < 4.78 is 40.3. The number of hydrogen-bond donors (Lipinski definition) is 1. The van der Waals surface area contributed by atoms with Crippen LogP contribution in [-0.4, -0.2) is 56.4 Å². The molecule has 1 heterocycles. The lowest BCUT2D eigenvalue weighted by molar-refractivity contribution is -0.274. The average Bonchev–Trinajstić information content (AvgIpc) is 2.74. The van der Waals surface area contributed by atoms with Crippen LogP contribution < -0.4 is 15.0 Å². The largest absolute Gasteiger partial charge is 0.573 e. The molecule has 1 aliphatic heterocycles. The quantitative estimate of drug-likeness (QED) is 0.657. The minimum Gasteiger partial charge on any atom is -0.406 e. The number of carbonyl (C=O) groups is 1. The van der Waals surface area contributed by atoms with Crippen molar-refractivity contribution in [2.24, 2.45) is 0 Å². The number of rotatable bonds is 8. The van der Waals surface area contributed by atoms with E-state index in [-0.39, 0.29) is 11.7 Å². The summed E-state index contributed by atoms with van der Waals surface area (Å²) in [6.45, 7) is 5.58. The Hall–Kier alpha value is -2.74. The highest BCUT2D eigenvalue weighted by atomic mass is 19.4. The SMILES string of the molecule is O=C(NCCCCN1CCN(c2ccccc2)CC1)c1ccc(OC(F)(F)F)cc1. The number of amides is 1. The summed E-state index contributed by atoms with van der Waals surface area (Å²) in [5, 5.41) is 2.80. The van der Waals surface area contributed by atoms with Gasteiger partial charge in [-0.3, -0.25) is 9.69 Å². The Morgan fingerprint density at radius 3 is 2.23 bits per heavy atom. The third kappa shape index (κ3) is 6.95. The average molecular weight is 421 g/mol. The van der Waals surface area contributed by atoms with Crippen LogP contribution in [0.4, 0.5) is 18.9 Å². The molecule has 0 spiro atoms. The van der Waals surface area contributed by atoms with Gasteiger partial charge in [0.25, 0.3) is 5.91 Å². The van der Waals surface area contributed by atoms with Crippen molar-refractivity contribution < 1.29 is 22.7 Å². The molecule has 1 saturated heterocycles. The zero-order chi connectivity index (χ0) is 21.4. The van der Waals surface area contributed by atoms with Gasteiger partial charge in [-0.25, -0.2) is 0 Å². The first-order valence-electron chi connectivity index (χ1n) is 10.1. The summed E-state index contributed by atoms with van der Waals surface area (Å²) in [7, 11) is 0. The van der Waals surface area contributed by atoms with E-state index in [1.807, 2.05) is 6.07 Å². The summed E-state index contributed by atoms with van der Waals surface area (Å²) in [6.07, 6.45) is -2.91. The fourth-order valence-electron chi connectivity index (χ4n) is 3.44. The molecule has 0 unspecified atom stereocenters. The molecule has 1 fully saturated rings. The fourth-order valence-corrected chi connectivity index (χ4v) is 3.44. The summed E-state index contributed by atoms with van der Waals surface area (Å²) in [5.74, 6) is -0.642. The van der Waals surface area contributed by atoms with Gasteiger partial charge in [0.05, 0.1) is 0 Å². The van der Waals surface area contributed by atoms with Crippen LogP contribution in [0, 0.1) is 0 Å². The Morgan fingerprint density at radius 2 is 1.60 bits per heavy atom. The normalized spacial score (nSPS) is 15.1. The van der Waals surface area contributed by atoms with Crippen LogP contribution in [0.25, 0.3) is 0 Å². The molecule has 0 aliphatic carbocycles. The maximum absolute atomic E-state index is 12.2. The van der Waals surface area contributed by atoms with Crippen molar-refractivity contribution in [3.05, 3.63) is 60.2 Å². The lowest BCUT2D eigenvalue weighted by Gasteiger charge is -2.36. The Balaban J connectivity index is 1.30. The van der Waals surface area contributed by atoms with Crippen molar-refractivity contribution in [1.82, 2.24) is 10.2 Å². The zero-order valence-corrected chi connectivity index (χ0v) is 16.7. The summed E-state index contributed by atoms with van der Waals surface area (Å²) in [6, 6.07) is 15.3. The van der Waals surface area contributed by atoms with Crippen LogP contribution in [-0.2, 0) is 0 Å². The first-order chi connectivity index (χ1) is 14.4. The molecular weight excluding hydrogens is 395 g/mol. The van der Waals surface area contributed by atoms with E-state index in [2.05, 4.69) is 44.1 Å². The molecule has 2 aromatic carbocycles. The molecule has 30 heavy (non-hydrogen) atoms. The van der Waals surface area contributed by atoms with Crippen molar-refractivity contribution >= 4 is 11.6 Å². The molecule has 0 radical (unpaired) electrons. The molecule has 0 saturated carbocycles. The number of hydrogen-bond acceptors (Lipinski definition) is 4. The number of carbonyl (C=O) groups excluding carboxylic acids is 1. The second-order valence-electron chi connectivity index (χ2n) is 7.20. The van der Waals surface area contributed by atoms with Gasteiger partial charge in [-0.15, -0.1) is 13.2 Å². The van der Waals surface area contributed by atoms with E-state index in [0.717, 1.165) is 57.7 Å². The molecule has 2 aromatic rings. The van der Waals surface area contributed by atoms with Crippen LogP contribution in [0.15, 0.2) is 54.6 Å². The molecule has 1 amide bonds. The van der Waals surface area contributed by atoms with E-state index in [4.69, 9.17) is 0 Å². The maximum atomic E-state index is 12.2. The van der Waals surface area contributed by atoms with Gasteiger partial charge in [-0.1, -0.05) is 18.2 Å². The predicted molar refractivity (Wildman–Crippen MR) is 110 cm³/mol. The standard InChI is InChI=1S/C22H26F3N3O2/c23-22(24,25)30-20-10-8-18(9-11-20)21(29)26-12-4-5-13-27-14-16-28(17-15-27)19-6-2-1-3-7-19/h1-3,6-11H,4-5,12-17H2,(H,26,29). The highest BCUT2D eigenvalue weighted by Gasteiger charge is 2.31. The van der Waals surface area contributed by atoms with Crippen molar-refractivity contribution in [2.45, 2.75) is 19.2 Å². The first kappa shape index (κ1) is 22.0. The van der Waals surface area contributed by atoms with E-state index in [9.17, 15) is 18.0 Å². The number of nitrogens with one attached hydrogen (secondary N) is 1. The minimum atomic E-state index is -4.74. The molecule has 3 rings (SSSR count). The number of halogens is 3. The topological polar surface area (TPSA) is 44.8 Å². The van der Waals surface area contributed by atoms with Crippen molar-refractivity contribution in [3.63, 3.8) is 0 Å². The number of unbranched alkanes of at least 4 members (excludes halogenated alkanes) is 1. The monoisotopic (exact) mass is 421 g/mol. The van der Waals surface area contributed by atoms with Crippen LogP contribution in [0.5, 0.6) is 5.75 Å². The smallest absolute Gasteiger partial charge is 0.406 e. The van der Waals surface area contributed by atoms with E-state index in [0.29, 0.717) is 12.1 Å². The van der Waals surface area contributed by atoms with Gasteiger partial charge >= 0.3 is 6.36 Å². The zero-order valence-electron chi connectivity index (χ0n) is 16.7. The van der Waals surface area contributed by atoms with Crippen LogP contribution in [0.2, 0.25) is 0 Å². The molecule has 0 aromatic heterocycles. The van der Waals surface area contributed by atoms with Crippen LogP contribution >= 0.6 is 0 Å². The molecule has 8 heteroatoms. The number of para-hydroxylation sites is 1. The molecule has 5 nitrogen and oxygen atoms in total. The van der Waals surface area contributed by atoms with Gasteiger partial charge < -0.3 is 15.0 Å². The van der Waals surface area contributed by atoms with Gasteiger partial charge in [0.2, 0.25) is 0 Å². The van der Waals surface area contributed by atoms with E-state index < -0.39 is 6.36 Å². The van der Waals surface area contributed by atoms with Crippen LogP contribution in [0.3, 0.4) is 0 Å². The second-order valence-corrected chi connectivity index (χ2v) is 7.20. The number of piperazine rings is 1. The summed E-state index contributed by atoms with van der Waals surface area (Å²) in [5.41, 5.74) is 1.57. The first-order valence-corrected chi connectivity index (χ1v) is 10.1. The van der Waals surface area contributed by atoms with Gasteiger partial charge in [0.15, 0.2) is 0 Å². The molecule has 0 bridgehead atoms. The lowest BCUT2D eigenvalue weighted by atomic mass is 10.2. The third-order valence-electron chi connectivity index (χ3n) is 5.03. The number of anilines is 1. The van der Waals surface area contributed by atoms with E-state index in [1.165, 1.54) is 17.8 Å². The van der Waals surface area contributed by atoms with E-state index in [1.54, 1.807) is 0 Å². The van der Waals surface area contributed by atoms with Gasteiger partial charge in [0, 0.05) is 44.0 Å². The molecular formula is C22H26F3N3O2. The molecule has 162 valence electrons. The maximum Gasteiger partial charge on any atom is 0.573 e. The Labute approximate surface area is 174 Å². The van der Waals surface area contributed by atoms with Gasteiger partial charge in [0.1, 0.15) is 5.75 Å². The highest BCUT2D eigenvalue weighted by Crippen LogP contribution is 2.22. The highest BCUT2D eigenvalue weighted by molar-refractivity contribution is 5.94. The summed E-state index contributed by atoms with van der Waals surface area (Å²) >= 11 is 0. The van der Waals surface area contributed by atoms with Gasteiger partial charge in [-0.05, 0) is 55.8 Å². The third-order valence-corrected chi connectivity index (χ3v) is 5.03. The van der Waals surface area contributed by atoms with E-state index >= 15 is 0 Å². The van der Waals surface area contributed by atoms with Crippen molar-refractivity contribution in [1.29, 1.82) is 0 Å². The van der Waals surface area contributed by atoms with Crippen molar-refractivity contribution in [2.75, 3.05) is 44.2 Å². The number of alkyl halides is 3. The van der Waals surface area contributed by atoms with Crippen LogP contribution in [0.1, 0.15) is 23.2 Å². The molecule has 1 N–H and O–H groups in total. The fraction of sp³-hybridized carbons (Fsp3) is 0.409. The Kier molecular flexibility index (Phi) is 7.57. The number of nitrogens with zero attached hydrogens (tertiary/aromatic N) is 2. The second kappa shape index (κ2) is 10.3. The number of benzene rings is 2. The lowest BCUT2D eigenvalue weighted by Crippen LogP contribution is -2.46. The summed E-state index contributed by atoms with van der Waals surface area (Å²) in [4.78, 5) is 16.9. The number of ether oxygens (including phenoxy) is 1.